The van der Waals surface area contributed by atoms with E-state index in [-0.39, 0.29) is 18.4 Å². The van der Waals surface area contributed by atoms with Gasteiger partial charge in [0.25, 0.3) is 5.91 Å². The number of halogens is 2. The molecule has 170 valence electrons. The molecule has 2 atom stereocenters. The molecule has 2 amide bonds. The Labute approximate surface area is 189 Å². The van der Waals surface area contributed by atoms with Gasteiger partial charge in [-0.15, -0.1) is 0 Å². The molecule has 0 unspecified atom stereocenters. The van der Waals surface area contributed by atoms with Gasteiger partial charge in [-0.3, -0.25) is 9.59 Å². The SMILES string of the molecule is COc1ccc(O[C@@H]2C(=O)N(Cc3cccc(NC(C)=O)c3)[C@H]2c2ccc(F)c(F)c2)cc1. The van der Waals surface area contributed by atoms with Crippen molar-refractivity contribution >= 4 is 17.5 Å². The minimum absolute atomic E-state index is 0.207. The third-order valence-corrected chi connectivity index (χ3v) is 5.36. The van der Waals surface area contributed by atoms with E-state index in [9.17, 15) is 18.4 Å². The van der Waals surface area contributed by atoms with Crippen molar-refractivity contribution in [3.8, 4) is 11.5 Å². The topological polar surface area (TPSA) is 67.9 Å². The van der Waals surface area contributed by atoms with Crippen LogP contribution in [0.2, 0.25) is 0 Å². The lowest BCUT2D eigenvalue weighted by molar-refractivity contribution is -0.165. The summed E-state index contributed by atoms with van der Waals surface area (Å²) in [4.78, 5) is 25.9. The third kappa shape index (κ3) is 4.79. The van der Waals surface area contributed by atoms with Crippen LogP contribution in [-0.2, 0) is 16.1 Å². The van der Waals surface area contributed by atoms with Crippen LogP contribution in [0.4, 0.5) is 14.5 Å². The maximum atomic E-state index is 14.0. The van der Waals surface area contributed by atoms with Crippen LogP contribution in [0.3, 0.4) is 0 Å². The maximum absolute atomic E-state index is 14.0. The molecule has 4 rings (SSSR count). The predicted molar refractivity (Wildman–Crippen MR) is 118 cm³/mol. The molecule has 0 spiro atoms. The Bertz CT molecular complexity index is 1180. The quantitative estimate of drug-likeness (QED) is 0.538. The van der Waals surface area contributed by atoms with Gasteiger partial charge in [0.1, 0.15) is 17.5 Å². The van der Waals surface area contributed by atoms with Gasteiger partial charge in [0.05, 0.1) is 7.11 Å². The van der Waals surface area contributed by atoms with Crippen molar-refractivity contribution < 1.29 is 27.8 Å². The van der Waals surface area contributed by atoms with Crippen LogP contribution in [0, 0.1) is 11.6 Å². The van der Waals surface area contributed by atoms with Crippen LogP contribution in [-0.4, -0.2) is 29.9 Å². The number of anilines is 1. The van der Waals surface area contributed by atoms with Crippen molar-refractivity contribution in [1.29, 1.82) is 0 Å². The Morgan fingerprint density at radius 1 is 1.00 bits per heavy atom. The summed E-state index contributed by atoms with van der Waals surface area (Å²) in [6.07, 6.45) is -0.901. The van der Waals surface area contributed by atoms with Gasteiger partial charge in [0.15, 0.2) is 11.6 Å². The fourth-order valence-electron chi connectivity index (χ4n) is 3.81. The van der Waals surface area contributed by atoms with Gasteiger partial charge in [0, 0.05) is 19.2 Å². The van der Waals surface area contributed by atoms with E-state index in [2.05, 4.69) is 5.32 Å². The van der Waals surface area contributed by atoms with Crippen molar-refractivity contribution in [2.45, 2.75) is 25.6 Å². The number of nitrogens with one attached hydrogen (secondary N) is 1. The molecular weight excluding hydrogens is 430 g/mol. The Kier molecular flexibility index (Phi) is 6.26. The number of carbonyl (C=O) groups is 2. The highest BCUT2D eigenvalue weighted by atomic mass is 19.2. The lowest BCUT2D eigenvalue weighted by Gasteiger charge is -2.47. The summed E-state index contributed by atoms with van der Waals surface area (Å²) in [5.74, 6) is -1.37. The molecule has 1 N–H and O–H groups in total. The summed E-state index contributed by atoms with van der Waals surface area (Å²) >= 11 is 0. The molecule has 1 aliphatic rings. The van der Waals surface area contributed by atoms with Gasteiger partial charge < -0.3 is 19.7 Å². The van der Waals surface area contributed by atoms with E-state index < -0.39 is 23.8 Å². The van der Waals surface area contributed by atoms with Gasteiger partial charge in [-0.2, -0.15) is 0 Å². The van der Waals surface area contributed by atoms with Crippen LogP contribution in [0.15, 0.2) is 66.7 Å². The number of likely N-dealkylation sites (tertiary alicyclic amines) is 1. The molecule has 1 heterocycles. The highest BCUT2D eigenvalue weighted by Crippen LogP contribution is 2.39. The Morgan fingerprint density at radius 2 is 1.73 bits per heavy atom. The molecule has 33 heavy (non-hydrogen) atoms. The average molecular weight is 452 g/mol. The van der Waals surface area contributed by atoms with Crippen LogP contribution in [0.5, 0.6) is 11.5 Å². The van der Waals surface area contributed by atoms with Crippen molar-refractivity contribution in [2.24, 2.45) is 0 Å². The summed E-state index contributed by atoms with van der Waals surface area (Å²) in [6.45, 7) is 1.62. The second kappa shape index (κ2) is 9.28. The fraction of sp³-hybridized carbons (Fsp3) is 0.200. The summed E-state index contributed by atoms with van der Waals surface area (Å²) < 4.78 is 38.6. The number of β-lactam (4-membered cyclic amide) rings is 1. The number of hydrogen-bond donors (Lipinski definition) is 1. The summed E-state index contributed by atoms with van der Waals surface area (Å²) in [5.41, 5.74) is 1.79. The first-order valence-corrected chi connectivity index (χ1v) is 10.3. The van der Waals surface area contributed by atoms with Crippen LogP contribution in [0.25, 0.3) is 0 Å². The zero-order chi connectivity index (χ0) is 23.5. The number of rotatable bonds is 7. The number of methoxy groups -OCH3 is 1. The van der Waals surface area contributed by atoms with E-state index in [1.807, 2.05) is 6.07 Å². The molecule has 6 nitrogen and oxygen atoms in total. The highest BCUT2D eigenvalue weighted by Gasteiger charge is 2.50. The summed E-state index contributed by atoms with van der Waals surface area (Å²) in [6, 6.07) is 16.8. The van der Waals surface area contributed by atoms with Gasteiger partial charge in [-0.25, -0.2) is 8.78 Å². The largest absolute Gasteiger partial charge is 0.497 e. The van der Waals surface area contributed by atoms with Gasteiger partial charge in [0.2, 0.25) is 12.0 Å². The molecule has 0 bridgehead atoms. The molecule has 1 fully saturated rings. The Hall–Kier alpha value is -3.94. The van der Waals surface area contributed by atoms with E-state index in [1.165, 1.54) is 17.9 Å². The van der Waals surface area contributed by atoms with Gasteiger partial charge in [-0.1, -0.05) is 18.2 Å². The van der Waals surface area contributed by atoms with E-state index in [0.29, 0.717) is 22.7 Å². The van der Waals surface area contributed by atoms with Crippen LogP contribution in [0.1, 0.15) is 24.1 Å². The third-order valence-electron chi connectivity index (χ3n) is 5.36. The van der Waals surface area contributed by atoms with E-state index in [4.69, 9.17) is 9.47 Å². The van der Waals surface area contributed by atoms with E-state index in [0.717, 1.165) is 17.7 Å². The first kappa shape index (κ1) is 22.3. The zero-order valence-corrected chi connectivity index (χ0v) is 18.0. The first-order chi connectivity index (χ1) is 15.9. The molecule has 1 aliphatic heterocycles. The van der Waals surface area contributed by atoms with Crippen molar-refractivity contribution in [3.05, 3.63) is 89.5 Å². The number of carbonyl (C=O) groups excluding carboxylic acids is 2. The van der Waals surface area contributed by atoms with Gasteiger partial charge in [-0.05, 0) is 59.7 Å². The molecule has 3 aromatic carbocycles. The Balaban J connectivity index is 1.61. The second-order valence-electron chi connectivity index (χ2n) is 7.68. The number of hydrogen-bond acceptors (Lipinski definition) is 4. The lowest BCUT2D eigenvalue weighted by atomic mass is 9.89. The molecule has 0 radical (unpaired) electrons. The van der Waals surface area contributed by atoms with Gasteiger partial charge >= 0.3 is 0 Å². The molecule has 0 aromatic heterocycles. The number of nitrogens with zero attached hydrogens (tertiary/aromatic N) is 1. The van der Waals surface area contributed by atoms with Crippen molar-refractivity contribution in [3.63, 3.8) is 0 Å². The Morgan fingerprint density at radius 3 is 2.39 bits per heavy atom. The summed E-state index contributed by atoms with van der Waals surface area (Å²) in [7, 11) is 1.54. The molecular formula is C25H22F2N2O4. The number of amides is 2. The van der Waals surface area contributed by atoms with Crippen LogP contribution >= 0.6 is 0 Å². The molecule has 0 saturated carbocycles. The molecule has 1 saturated heterocycles. The van der Waals surface area contributed by atoms with E-state index >= 15 is 0 Å². The molecule has 0 aliphatic carbocycles. The fourth-order valence-corrected chi connectivity index (χ4v) is 3.81. The van der Waals surface area contributed by atoms with Crippen molar-refractivity contribution in [1.82, 2.24) is 4.90 Å². The molecule has 8 heteroatoms. The minimum atomic E-state index is -0.998. The first-order valence-electron chi connectivity index (χ1n) is 10.3. The zero-order valence-electron chi connectivity index (χ0n) is 18.0. The maximum Gasteiger partial charge on any atom is 0.267 e. The van der Waals surface area contributed by atoms with Crippen LogP contribution < -0.4 is 14.8 Å². The molecule has 3 aromatic rings. The monoisotopic (exact) mass is 452 g/mol. The smallest absolute Gasteiger partial charge is 0.267 e. The number of ether oxygens (including phenoxy) is 2. The second-order valence-corrected chi connectivity index (χ2v) is 7.68. The normalized spacial score (nSPS) is 17.3. The van der Waals surface area contributed by atoms with Crippen molar-refractivity contribution in [2.75, 3.05) is 12.4 Å². The number of benzene rings is 3. The van der Waals surface area contributed by atoms with E-state index in [1.54, 1.807) is 49.6 Å². The lowest BCUT2D eigenvalue weighted by Crippen LogP contribution is -2.60. The highest BCUT2D eigenvalue weighted by molar-refractivity contribution is 5.90. The standard InChI is InChI=1S/C25H22F2N2O4/c1-15(30)28-18-5-3-4-16(12-18)14-29-23(17-6-11-21(26)22(27)13-17)24(25(29)31)33-20-9-7-19(32-2)8-10-20/h3-13,23-24H,14H2,1-2H3,(H,28,30)/t23-,24-/m0/s1. The minimum Gasteiger partial charge on any atom is -0.497 e. The summed E-state index contributed by atoms with van der Waals surface area (Å²) in [5, 5.41) is 2.70. The average Bonchev–Trinajstić information content (AvgIpc) is 2.80. The predicted octanol–water partition coefficient (Wildman–Crippen LogP) is 4.46.